The highest BCUT2D eigenvalue weighted by Gasteiger charge is 2.18. The van der Waals surface area contributed by atoms with Crippen LogP contribution in [0.2, 0.25) is 5.02 Å². The molecular formula is C18H16ClF2N3OS. The maximum Gasteiger partial charge on any atom is 0.321 e. The van der Waals surface area contributed by atoms with Crippen LogP contribution < -0.4 is 5.32 Å². The summed E-state index contributed by atoms with van der Waals surface area (Å²) in [6.07, 6.45) is 0.670. The number of hydrogen-bond donors (Lipinski definition) is 1. The quantitative estimate of drug-likeness (QED) is 0.597. The SMILES string of the molecule is O=C(CSc1nc2ccccc2n1C(F)F)NCCc1ccc(Cl)cc1. The van der Waals surface area contributed by atoms with Crippen molar-refractivity contribution in [1.29, 1.82) is 0 Å². The number of carbonyl (C=O) groups is 1. The molecule has 3 rings (SSSR count). The van der Waals surface area contributed by atoms with E-state index in [2.05, 4.69) is 10.3 Å². The molecule has 2 aromatic carbocycles. The van der Waals surface area contributed by atoms with E-state index in [1.807, 2.05) is 12.1 Å². The number of carbonyl (C=O) groups excluding carboxylic acids is 1. The van der Waals surface area contributed by atoms with Gasteiger partial charge in [0.05, 0.1) is 16.8 Å². The number of benzene rings is 2. The molecule has 0 saturated heterocycles. The van der Waals surface area contributed by atoms with Crippen LogP contribution in [-0.4, -0.2) is 27.8 Å². The van der Waals surface area contributed by atoms with Crippen molar-refractivity contribution in [3.05, 3.63) is 59.1 Å². The zero-order valence-electron chi connectivity index (χ0n) is 13.7. The summed E-state index contributed by atoms with van der Waals surface area (Å²) in [6, 6.07) is 14.1. The van der Waals surface area contributed by atoms with Crippen LogP contribution >= 0.6 is 23.4 Å². The molecular weight excluding hydrogens is 380 g/mol. The third-order valence-electron chi connectivity index (χ3n) is 3.74. The second-order valence-corrected chi connectivity index (χ2v) is 6.92. The Morgan fingerprint density at radius 1 is 1.19 bits per heavy atom. The van der Waals surface area contributed by atoms with E-state index in [1.54, 1.807) is 36.4 Å². The van der Waals surface area contributed by atoms with Gasteiger partial charge in [0.15, 0.2) is 5.16 Å². The lowest BCUT2D eigenvalue weighted by atomic mass is 10.1. The summed E-state index contributed by atoms with van der Waals surface area (Å²) in [5.74, 6) is -0.201. The van der Waals surface area contributed by atoms with Crippen LogP contribution in [0.4, 0.5) is 8.78 Å². The molecule has 0 aliphatic heterocycles. The normalized spacial score (nSPS) is 11.2. The minimum atomic E-state index is -2.71. The number of hydrogen-bond acceptors (Lipinski definition) is 3. The van der Waals surface area contributed by atoms with Crippen molar-refractivity contribution in [3.63, 3.8) is 0 Å². The molecule has 1 aromatic heterocycles. The van der Waals surface area contributed by atoms with Crippen LogP contribution in [0.3, 0.4) is 0 Å². The van der Waals surface area contributed by atoms with Crippen LogP contribution in [0.5, 0.6) is 0 Å². The van der Waals surface area contributed by atoms with Gasteiger partial charge in [0.2, 0.25) is 5.91 Å². The second kappa shape index (κ2) is 8.51. The fourth-order valence-electron chi connectivity index (χ4n) is 2.49. The molecule has 4 nitrogen and oxygen atoms in total. The summed E-state index contributed by atoms with van der Waals surface area (Å²) in [5, 5.41) is 3.58. The van der Waals surface area contributed by atoms with Crippen molar-refractivity contribution in [2.45, 2.75) is 18.1 Å². The van der Waals surface area contributed by atoms with Gasteiger partial charge in [0, 0.05) is 11.6 Å². The van der Waals surface area contributed by atoms with Gasteiger partial charge in [-0.15, -0.1) is 0 Å². The number of amides is 1. The topological polar surface area (TPSA) is 46.9 Å². The van der Waals surface area contributed by atoms with Gasteiger partial charge >= 0.3 is 6.55 Å². The third kappa shape index (κ3) is 4.53. The second-order valence-electron chi connectivity index (χ2n) is 5.55. The molecule has 0 saturated carbocycles. The van der Waals surface area contributed by atoms with Crippen LogP contribution in [0.25, 0.3) is 11.0 Å². The highest BCUT2D eigenvalue weighted by atomic mass is 35.5. The predicted molar refractivity (Wildman–Crippen MR) is 99.9 cm³/mol. The summed E-state index contributed by atoms with van der Waals surface area (Å²) in [7, 11) is 0. The van der Waals surface area contributed by atoms with Gasteiger partial charge < -0.3 is 5.32 Å². The summed E-state index contributed by atoms with van der Waals surface area (Å²) in [5.41, 5.74) is 1.90. The van der Waals surface area contributed by atoms with Crippen molar-refractivity contribution in [1.82, 2.24) is 14.9 Å². The van der Waals surface area contributed by atoms with Crippen LogP contribution in [0.15, 0.2) is 53.7 Å². The van der Waals surface area contributed by atoms with E-state index < -0.39 is 6.55 Å². The fourth-order valence-corrected chi connectivity index (χ4v) is 3.46. The minimum Gasteiger partial charge on any atom is -0.355 e. The maximum atomic E-state index is 13.3. The van der Waals surface area contributed by atoms with Crippen molar-refractivity contribution in [2.24, 2.45) is 0 Å². The molecule has 26 heavy (non-hydrogen) atoms. The average molecular weight is 396 g/mol. The Bertz CT molecular complexity index is 899. The fraction of sp³-hybridized carbons (Fsp3) is 0.222. The molecule has 0 aliphatic rings. The molecule has 8 heteroatoms. The first kappa shape index (κ1) is 18.7. The number of imidazole rings is 1. The molecule has 0 radical (unpaired) electrons. The number of halogens is 3. The zero-order chi connectivity index (χ0) is 18.5. The van der Waals surface area contributed by atoms with E-state index in [9.17, 15) is 13.6 Å². The highest BCUT2D eigenvalue weighted by molar-refractivity contribution is 7.99. The van der Waals surface area contributed by atoms with Crippen molar-refractivity contribution in [3.8, 4) is 0 Å². The summed E-state index contributed by atoms with van der Waals surface area (Å²) in [6.45, 7) is -2.25. The van der Waals surface area contributed by atoms with E-state index in [4.69, 9.17) is 11.6 Å². The third-order valence-corrected chi connectivity index (χ3v) is 4.94. The first-order valence-electron chi connectivity index (χ1n) is 7.93. The van der Waals surface area contributed by atoms with E-state index in [0.717, 1.165) is 21.9 Å². The number of nitrogens with one attached hydrogen (secondary N) is 1. The first-order valence-corrected chi connectivity index (χ1v) is 9.30. The monoisotopic (exact) mass is 395 g/mol. The van der Waals surface area contributed by atoms with Gasteiger partial charge in [-0.2, -0.15) is 8.78 Å². The van der Waals surface area contributed by atoms with E-state index in [-0.39, 0.29) is 16.8 Å². The van der Waals surface area contributed by atoms with Gasteiger partial charge in [0.25, 0.3) is 0 Å². The average Bonchev–Trinajstić information content (AvgIpc) is 3.00. The van der Waals surface area contributed by atoms with Crippen molar-refractivity contribution >= 4 is 40.3 Å². The number of nitrogens with zero attached hydrogens (tertiary/aromatic N) is 2. The lowest BCUT2D eigenvalue weighted by Crippen LogP contribution is -2.27. The van der Waals surface area contributed by atoms with Crippen molar-refractivity contribution < 1.29 is 13.6 Å². The summed E-state index contributed by atoms with van der Waals surface area (Å²) >= 11 is 6.83. The van der Waals surface area contributed by atoms with Gasteiger partial charge in [-0.3, -0.25) is 9.36 Å². The predicted octanol–water partition coefficient (Wildman–Crippen LogP) is 4.54. The maximum absolute atomic E-state index is 13.3. The van der Waals surface area contributed by atoms with Gasteiger partial charge in [0.1, 0.15) is 0 Å². The zero-order valence-corrected chi connectivity index (χ0v) is 15.2. The largest absolute Gasteiger partial charge is 0.355 e. The van der Waals surface area contributed by atoms with E-state index >= 15 is 0 Å². The molecule has 0 fully saturated rings. The van der Waals surface area contributed by atoms with E-state index in [0.29, 0.717) is 29.0 Å². The molecule has 1 amide bonds. The number of thioether (sulfide) groups is 1. The Hall–Kier alpha value is -2.12. The smallest absolute Gasteiger partial charge is 0.321 e. The Morgan fingerprint density at radius 3 is 2.65 bits per heavy atom. The van der Waals surface area contributed by atoms with Gasteiger partial charge in [-0.1, -0.05) is 47.6 Å². The van der Waals surface area contributed by atoms with Gasteiger partial charge in [-0.25, -0.2) is 4.98 Å². The standard InChI is InChI=1S/C18H16ClF2N3OS/c19-13-7-5-12(6-8-13)9-10-22-16(25)11-26-18-23-14-3-1-2-4-15(14)24(18)17(20)21/h1-8,17H,9-11H2,(H,22,25). The minimum absolute atomic E-state index is 0.0245. The molecule has 0 spiro atoms. The lowest BCUT2D eigenvalue weighted by molar-refractivity contribution is -0.118. The molecule has 1 heterocycles. The Kier molecular flexibility index (Phi) is 6.11. The number of fused-ring (bicyclic) bond motifs is 1. The number of rotatable bonds is 7. The van der Waals surface area contributed by atoms with Crippen LogP contribution in [-0.2, 0) is 11.2 Å². The number of aromatic nitrogens is 2. The Balaban J connectivity index is 1.55. The molecule has 1 N–H and O–H groups in total. The first-order chi connectivity index (χ1) is 12.5. The molecule has 0 aliphatic carbocycles. The molecule has 3 aromatic rings. The Labute approximate surface area is 158 Å². The summed E-state index contributed by atoms with van der Waals surface area (Å²) in [4.78, 5) is 16.2. The molecule has 0 unspecified atom stereocenters. The van der Waals surface area contributed by atoms with Gasteiger partial charge in [-0.05, 0) is 36.2 Å². The van der Waals surface area contributed by atoms with E-state index in [1.165, 1.54) is 0 Å². The summed E-state index contributed by atoms with van der Waals surface area (Å²) < 4.78 is 27.5. The van der Waals surface area contributed by atoms with Crippen LogP contribution in [0.1, 0.15) is 12.1 Å². The number of para-hydroxylation sites is 2. The number of alkyl halides is 2. The van der Waals surface area contributed by atoms with Crippen LogP contribution in [0, 0.1) is 0 Å². The molecule has 136 valence electrons. The lowest BCUT2D eigenvalue weighted by Gasteiger charge is -2.08. The molecule has 0 atom stereocenters. The molecule has 0 bridgehead atoms. The highest BCUT2D eigenvalue weighted by Crippen LogP contribution is 2.28. The van der Waals surface area contributed by atoms with Crippen molar-refractivity contribution in [2.75, 3.05) is 12.3 Å². The Morgan fingerprint density at radius 2 is 1.92 bits per heavy atom.